The molecule has 2 atom stereocenters. The van der Waals surface area contributed by atoms with Gasteiger partial charge in [-0.15, -0.1) is 0 Å². The number of nitrogens with zero attached hydrogens (tertiary/aromatic N) is 1. The van der Waals surface area contributed by atoms with Gasteiger partial charge >= 0.3 is 0 Å². The first-order chi connectivity index (χ1) is 8.26. The monoisotopic (exact) mass is 241 g/mol. The van der Waals surface area contributed by atoms with Crippen LogP contribution < -0.4 is 0 Å². The zero-order valence-corrected chi connectivity index (χ0v) is 11.6. The number of β-lactam (4-membered cyclic amide) rings is 1. The molecule has 100 valence electrons. The molecule has 0 aromatic rings. The fourth-order valence-electron chi connectivity index (χ4n) is 2.42. The highest BCUT2D eigenvalue weighted by molar-refractivity contribution is 5.84. The molecule has 1 fully saturated rings. The summed E-state index contributed by atoms with van der Waals surface area (Å²) >= 11 is 0. The van der Waals surface area contributed by atoms with Gasteiger partial charge in [0, 0.05) is 0 Å². The molecule has 0 aliphatic carbocycles. The molecule has 0 unspecified atom stereocenters. The van der Waals surface area contributed by atoms with Gasteiger partial charge in [-0.2, -0.15) is 0 Å². The van der Waals surface area contributed by atoms with E-state index < -0.39 is 0 Å². The number of carbonyl (C=O) groups excluding carboxylic acids is 1. The molecule has 17 heavy (non-hydrogen) atoms. The maximum absolute atomic E-state index is 11.9. The van der Waals surface area contributed by atoms with Gasteiger partial charge in [-0.1, -0.05) is 46.5 Å². The number of amides is 1. The third-order valence-corrected chi connectivity index (χ3v) is 3.57. The summed E-state index contributed by atoms with van der Waals surface area (Å²) in [7, 11) is 0. The molecule has 1 aliphatic heterocycles. The van der Waals surface area contributed by atoms with Crippen LogP contribution in [-0.4, -0.2) is 23.6 Å². The number of hydroxylamine groups is 2. The first-order valence-electron chi connectivity index (χ1n) is 7.22. The fourth-order valence-corrected chi connectivity index (χ4v) is 2.42. The third-order valence-electron chi connectivity index (χ3n) is 3.57. The molecule has 1 saturated heterocycles. The molecular formula is C14H27NO2. The van der Waals surface area contributed by atoms with Crippen LogP contribution in [0.5, 0.6) is 0 Å². The topological polar surface area (TPSA) is 29.5 Å². The predicted molar refractivity (Wildman–Crippen MR) is 69.4 cm³/mol. The lowest BCUT2D eigenvalue weighted by Gasteiger charge is -2.45. The average Bonchev–Trinajstić information content (AvgIpc) is 2.34. The molecule has 1 aliphatic rings. The molecular weight excluding hydrogens is 214 g/mol. The Bertz CT molecular complexity index is 210. The van der Waals surface area contributed by atoms with E-state index >= 15 is 0 Å². The average molecular weight is 241 g/mol. The number of hydrogen-bond acceptors (Lipinski definition) is 2. The molecule has 3 nitrogen and oxygen atoms in total. The maximum atomic E-state index is 11.9. The smallest absolute Gasteiger partial charge is 0.251 e. The van der Waals surface area contributed by atoms with Gasteiger partial charge in [0.05, 0.1) is 18.6 Å². The molecule has 1 amide bonds. The van der Waals surface area contributed by atoms with Gasteiger partial charge in [0.2, 0.25) is 0 Å². The summed E-state index contributed by atoms with van der Waals surface area (Å²) in [6.45, 7) is 7.15. The molecule has 0 N–H and O–H groups in total. The highest BCUT2D eigenvalue weighted by Gasteiger charge is 2.46. The van der Waals surface area contributed by atoms with Crippen molar-refractivity contribution in [3.63, 3.8) is 0 Å². The Labute approximate surface area is 105 Å². The van der Waals surface area contributed by atoms with Crippen LogP contribution in [0.15, 0.2) is 0 Å². The van der Waals surface area contributed by atoms with Crippen molar-refractivity contribution in [2.75, 3.05) is 6.61 Å². The number of unbranched alkanes of at least 4 members (excludes halogenated alkanes) is 3. The van der Waals surface area contributed by atoms with Crippen molar-refractivity contribution in [2.24, 2.45) is 5.92 Å². The van der Waals surface area contributed by atoms with Gasteiger partial charge in [0.1, 0.15) is 0 Å². The molecule has 0 bridgehead atoms. The van der Waals surface area contributed by atoms with Gasteiger partial charge < -0.3 is 0 Å². The second-order valence-corrected chi connectivity index (χ2v) is 4.93. The summed E-state index contributed by atoms with van der Waals surface area (Å²) in [6.07, 6.45) is 7.81. The van der Waals surface area contributed by atoms with E-state index in [0.29, 0.717) is 12.6 Å². The zero-order chi connectivity index (χ0) is 12.7. The molecule has 0 radical (unpaired) electrons. The second-order valence-electron chi connectivity index (χ2n) is 4.93. The van der Waals surface area contributed by atoms with Crippen molar-refractivity contribution in [1.82, 2.24) is 5.06 Å². The minimum absolute atomic E-state index is 0.212. The lowest BCUT2D eigenvalue weighted by atomic mass is 9.83. The number of carbonyl (C=O) groups is 1. The summed E-state index contributed by atoms with van der Waals surface area (Å²) in [6, 6.07) is 0.330. The van der Waals surface area contributed by atoms with Gasteiger partial charge in [-0.05, 0) is 19.3 Å². The molecule has 0 aromatic heterocycles. The minimum Gasteiger partial charge on any atom is -0.272 e. The Morgan fingerprint density at radius 1 is 1.12 bits per heavy atom. The normalized spacial score (nSPS) is 23.9. The first-order valence-corrected chi connectivity index (χ1v) is 7.22. The summed E-state index contributed by atoms with van der Waals surface area (Å²) in [4.78, 5) is 17.5. The van der Waals surface area contributed by atoms with Crippen LogP contribution in [-0.2, 0) is 9.63 Å². The Hall–Kier alpha value is -0.570. The molecule has 0 saturated carbocycles. The second kappa shape index (κ2) is 7.70. The lowest BCUT2D eigenvalue weighted by molar-refractivity contribution is -0.244. The van der Waals surface area contributed by atoms with Gasteiger partial charge in [-0.3, -0.25) is 9.63 Å². The summed E-state index contributed by atoms with van der Waals surface area (Å²) in [5, 5.41) is 1.63. The summed E-state index contributed by atoms with van der Waals surface area (Å²) < 4.78 is 0. The minimum atomic E-state index is 0.212. The summed E-state index contributed by atoms with van der Waals surface area (Å²) in [5.41, 5.74) is 0. The fraction of sp³-hybridized carbons (Fsp3) is 0.929. The van der Waals surface area contributed by atoms with Crippen LogP contribution in [0, 0.1) is 5.92 Å². The molecule has 3 heteroatoms. The van der Waals surface area contributed by atoms with Crippen LogP contribution in [0.2, 0.25) is 0 Å². The Balaban J connectivity index is 2.31. The van der Waals surface area contributed by atoms with E-state index in [-0.39, 0.29) is 11.8 Å². The quantitative estimate of drug-likeness (QED) is 0.456. The standard InChI is InChI=1S/C14H27NO2/c1-4-7-9-10-12-13(6-3)15(14(12)16)17-11-8-5-2/h12-13H,4-11H2,1-3H3/t12-,13-/m1/s1. The highest BCUT2D eigenvalue weighted by Crippen LogP contribution is 2.33. The molecule has 0 aromatic carbocycles. The SMILES string of the molecule is CCCCC[C@H]1C(=O)N(OCCCC)[C@@H]1CC. The molecule has 1 rings (SSSR count). The van der Waals surface area contributed by atoms with E-state index in [1.54, 1.807) is 5.06 Å². The van der Waals surface area contributed by atoms with Gasteiger partial charge in [0.25, 0.3) is 5.91 Å². The Morgan fingerprint density at radius 3 is 2.41 bits per heavy atom. The maximum Gasteiger partial charge on any atom is 0.251 e. The first kappa shape index (κ1) is 14.5. The van der Waals surface area contributed by atoms with Gasteiger partial charge in [-0.25, -0.2) is 5.06 Å². The molecule has 1 heterocycles. The largest absolute Gasteiger partial charge is 0.272 e. The zero-order valence-electron chi connectivity index (χ0n) is 11.6. The van der Waals surface area contributed by atoms with E-state index in [1.807, 2.05) is 0 Å². The van der Waals surface area contributed by atoms with Crippen LogP contribution >= 0.6 is 0 Å². The summed E-state index contributed by atoms with van der Waals surface area (Å²) in [5.74, 6) is 0.442. The van der Waals surface area contributed by atoms with E-state index in [4.69, 9.17) is 4.84 Å². The van der Waals surface area contributed by atoms with E-state index in [1.165, 1.54) is 19.3 Å². The van der Waals surface area contributed by atoms with Crippen LogP contribution in [0.4, 0.5) is 0 Å². The van der Waals surface area contributed by atoms with Crippen molar-refractivity contribution in [2.45, 2.75) is 71.8 Å². The van der Waals surface area contributed by atoms with Crippen molar-refractivity contribution in [3.05, 3.63) is 0 Å². The lowest BCUT2D eigenvalue weighted by Crippen LogP contribution is -2.60. The van der Waals surface area contributed by atoms with Crippen molar-refractivity contribution >= 4 is 5.91 Å². The van der Waals surface area contributed by atoms with E-state index in [0.717, 1.165) is 25.7 Å². The Kier molecular flexibility index (Phi) is 6.56. The van der Waals surface area contributed by atoms with Crippen LogP contribution in [0.1, 0.15) is 65.7 Å². The van der Waals surface area contributed by atoms with Crippen LogP contribution in [0.25, 0.3) is 0 Å². The predicted octanol–water partition coefficient (Wildman–Crippen LogP) is 3.54. The number of rotatable bonds is 9. The van der Waals surface area contributed by atoms with Crippen LogP contribution in [0.3, 0.4) is 0 Å². The van der Waals surface area contributed by atoms with Crippen molar-refractivity contribution < 1.29 is 9.63 Å². The Morgan fingerprint density at radius 2 is 1.82 bits per heavy atom. The number of hydrogen-bond donors (Lipinski definition) is 0. The third kappa shape index (κ3) is 3.70. The molecule has 0 spiro atoms. The van der Waals surface area contributed by atoms with Crippen molar-refractivity contribution in [1.29, 1.82) is 0 Å². The van der Waals surface area contributed by atoms with E-state index in [2.05, 4.69) is 20.8 Å². The van der Waals surface area contributed by atoms with Gasteiger partial charge in [0.15, 0.2) is 0 Å². The highest BCUT2D eigenvalue weighted by atomic mass is 16.7. The van der Waals surface area contributed by atoms with E-state index in [9.17, 15) is 4.79 Å². The van der Waals surface area contributed by atoms with Crippen molar-refractivity contribution in [3.8, 4) is 0 Å².